The molecule has 1 aromatic heterocycles. The highest BCUT2D eigenvalue weighted by molar-refractivity contribution is 5.88. The van der Waals surface area contributed by atoms with E-state index in [2.05, 4.69) is 10.1 Å². The quantitative estimate of drug-likeness (QED) is 0.700. The fraction of sp³-hybridized carbons (Fsp3) is 0.455. The Morgan fingerprint density at radius 3 is 2.83 bits per heavy atom. The topological polar surface area (TPSA) is 88.8 Å². The van der Waals surface area contributed by atoms with E-state index in [0.29, 0.717) is 50.8 Å². The minimum Gasteiger partial charge on any atom is -0.361 e. The van der Waals surface area contributed by atoms with Gasteiger partial charge in [0, 0.05) is 38.9 Å². The van der Waals surface area contributed by atoms with Crippen LogP contribution >= 0.6 is 0 Å². The lowest BCUT2D eigenvalue weighted by atomic mass is 9.95. The largest absolute Gasteiger partial charge is 0.361 e. The highest BCUT2D eigenvalue weighted by Crippen LogP contribution is 2.28. The van der Waals surface area contributed by atoms with Gasteiger partial charge in [0.15, 0.2) is 11.4 Å². The molecule has 1 aromatic carbocycles. The van der Waals surface area contributed by atoms with E-state index in [9.17, 15) is 9.59 Å². The van der Waals surface area contributed by atoms with Crippen molar-refractivity contribution in [1.29, 1.82) is 0 Å². The minimum absolute atomic E-state index is 0.0378. The maximum Gasteiger partial charge on any atom is 0.257 e. The second kappa shape index (κ2) is 8.79. The van der Waals surface area contributed by atoms with Crippen LogP contribution < -0.4 is 0 Å². The van der Waals surface area contributed by atoms with Crippen LogP contribution in [0.2, 0.25) is 0 Å². The first kappa shape index (κ1) is 20.3. The summed E-state index contributed by atoms with van der Waals surface area (Å²) in [6.45, 7) is 3.85. The molecule has 1 atom stereocenters. The van der Waals surface area contributed by atoms with Crippen LogP contribution in [-0.2, 0) is 27.3 Å². The van der Waals surface area contributed by atoms with Crippen LogP contribution in [0.15, 0.2) is 47.0 Å². The molecule has 1 spiro atoms. The molecule has 0 radical (unpaired) electrons. The predicted octanol–water partition coefficient (Wildman–Crippen LogP) is 1.90. The number of carbonyl (C=O) groups is 2. The number of rotatable bonds is 5. The van der Waals surface area contributed by atoms with Gasteiger partial charge in [0.1, 0.15) is 0 Å². The summed E-state index contributed by atoms with van der Waals surface area (Å²) in [6, 6.07) is 9.90. The number of aromatic nitrogens is 2. The van der Waals surface area contributed by atoms with Gasteiger partial charge < -0.3 is 19.1 Å². The Kier molecular flexibility index (Phi) is 5.94. The summed E-state index contributed by atoms with van der Waals surface area (Å²) in [5.41, 5.74) is 0.0337. The van der Waals surface area contributed by atoms with Crippen LogP contribution in [0.25, 0.3) is 0 Å². The lowest BCUT2D eigenvalue weighted by molar-refractivity contribution is -0.173. The van der Waals surface area contributed by atoms with Crippen molar-refractivity contribution < 1.29 is 18.8 Å². The van der Waals surface area contributed by atoms with Crippen LogP contribution in [0.3, 0.4) is 0 Å². The van der Waals surface area contributed by atoms with Crippen molar-refractivity contribution in [3.05, 3.63) is 59.8 Å². The summed E-state index contributed by atoms with van der Waals surface area (Å²) in [7, 11) is 0. The van der Waals surface area contributed by atoms with Crippen molar-refractivity contribution in [3.63, 3.8) is 0 Å². The van der Waals surface area contributed by atoms with E-state index < -0.39 is 5.60 Å². The monoisotopic (exact) mass is 410 g/mol. The number of nitrogens with zero attached hydrogens (tertiary/aromatic N) is 4. The smallest absolute Gasteiger partial charge is 0.257 e. The van der Waals surface area contributed by atoms with Gasteiger partial charge in [0.25, 0.3) is 5.91 Å². The van der Waals surface area contributed by atoms with Crippen molar-refractivity contribution in [2.75, 3.05) is 26.2 Å². The van der Waals surface area contributed by atoms with E-state index >= 15 is 0 Å². The molecule has 8 nitrogen and oxygen atoms in total. The Morgan fingerprint density at radius 1 is 1.23 bits per heavy atom. The molecule has 2 amide bonds. The maximum absolute atomic E-state index is 13.5. The average Bonchev–Trinajstić information content (AvgIpc) is 3.13. The highest BCUT2D eigenvalue weighted by atomic mass is 16.5. The number of carbonyl (C=O) groups excluding carboxylic acids is 2. The second-order valence-electron chi connectivity index (χ2n) is 7.74. The molecule has 0 bridgehead atoms. The molecular weight excluding hydrogens is 384 g/mol. The molecule has 3 heterocycles. The summed E-state index contributed by atoms with van der Waals surface area (Å²) in [5.74, 6) is 0.897. The molecule has 2 aliphatic heterocycles. The molecular formula is C22H26N4O4. The SMILES string of the molecule is Cc1noc(CCC(=O)N2CCO[C@@]3(CC=CCN(Cc4ccccc4)C3=O)C2)n1. The van der Waals surface area contributed by atoms with E-state index in [4.69, 9.17) is 9.26 Å². The Bertz CT molecular complexity index is 926. The lowest BCUT2D eigenvalue weighted by Gasteiger charge is -2.42. The van der Waals surface area contributed by atoms with Crippen molar-refractivity contribution in [1.82, 2.24) is 19.9 Å². The van der Waals surface area contributed by atoms with E-state index in [1.54, 1.807) is 16.7 Å². The molecule has 8 heteroatoms. The molecule has 30 heavy (non-hydrogen) atoms. The Labute approximate surface area is 175 Å². The molecule has 4 rings (SSSR count). The van der Waals surface area contributed by atoms with E-state index in [1.807, 2.05) is 42.5 Å². The zero-order valence-corrected chi connectivity index (χ0v) is 17.1. The first-order valence-corrected chi connectivity index (χ1v) is 10.2. The Morgan fingerprint density at radius 2 is 2.07 bits per heavy atom. The normalized spacial score (nSPS) is 21.8. The van der Waals surface area contributed by atoms with Gasteiger partial charge in [-0.1, -0.05) is 47.6 Å². The molecule has 0 saturated carbocycles. The summed E-state index contributed by atoms with van der Waals surface area (Å²) in [6.07, 6.45) is 5.09. The maximum atomic E-state index is 13.5. The Hall–Kier alpha value is -3.00. The molecule has 0 unspecified atom stereocenters. The van der Waals surface area contributed by atoms with E-state index in [-0.39, 0.29) is 24.8 Å². The molecule has 2 aromatic rings. The number of hydrogen-bond donors (Lipinski definition) is 0. The van der Waals surface area contributed by atoms with Crippen molar-refractivity contribution >= 4 is 11.8 Å². The van der Waals surface area contributed by atoms with E-state index in [1.165, 1.54) is 0 Å². The van der Waals surface area contributed by atoms with Crippen LogP contribution in [0.4, 0.5) is 0 Å². The first-order chi connectivity index (χ1) is 14.6. The zero-order valence-electron chi connectivity index (χ0n) is 17.1. The van der Waals surface area contributed by atoms with Crippen LogP contribution in [0.1, 0.15) is 30.1 Å². The van der Waals surface area contributed by atoms with Gasteiger partial charge in [-0.2, -0.15) is 4.98 Å². The van der Waals surface area contributed by atoms with Crippen molar-refractivity contribution in [3.8, 4) is 0 Å². The molecule has 1 fully saturated rings. The number of morpholine rings is 1. The van der Waals surface area contributed by atoms with Crippen LogP contribution in [0, 0.1) is 6.92 Å². The van der Waals surface area contributed by atoms with Gasteiger partial charge >= 0.3 is 0 Å². The van der Waals surface area contributed by atoms with Gasteiger partial charge in [-0.15, -0.1) is 0 Å². The molecule has 0 aliphatic carbocycles. The van der Waals surface area contributed by atoms with Gasteiger partial charge in [-0.3, -0.25) is 9.59 Å². The third kappa shape index (κ3) is 4.43. The molecule has 0 N–H and O–H groups in total. The zero-order chi connectivity index (χ0) is 21.0. The fourth-order valence-corrected chi connectivity index (χ4v) is 3.94. The third-order valence-corrected chi connectivity index (χ3v) is 5.49. The van der Waals surface area contributed by atoms with Gasteiger partial charge in [0.2, 0.25) is 11.8 Å². The summed E-state index contributed by atoms with van der Waals surface area (Å²) >= 11 is 0. The third-order valence-electron chi connectivity index (χ3n) is 5.49. The lowest BCUT2D eigenvalue weighted by Crippen LogP contribution is -2.60. The summed E-state index contributed by atoms with van der Waals surface area (Å²) < 4.78 is 11.1. The number of hydrogen-bond acceptors (Lipinski definition) is 6. The van der Waals surface area contributed by atoms with Gasteiger partial charge in [-0.25, -0.2) is 0 Å². The minimum atomic E-state index is -1.03. The van der Waals surface area contributed by atoms with Crippen molar-refractivity contribution in [2.24, 2.45) is 0 Å². The standard InChI is InChI=1S/C22H26N4O4/c1-17-23-19(30-24-17)9-10-20(27)26-13-14-29-22(16-26)11-5-6-12-25(21(22)28)15-18-7-3-2-4-8-18/h2-8H,9-16H2,1H3/t22-/m0/s1. The van der Waals surface area contributed by atoms with Gasteiger partial charge in [0.05, 0.1) is 13.2 Å². The summed E-state index contributed by atoms with van der Waals surface area (Å²) in [4.78, 5) is 33.9. The molecule has 2 aliphatic rings. The first-order valence-electron chi connectivity index (χ1n) is 10.2. The highest BCUT2D eigenvalue weighted by Gasteiger charge is 2.46. The second-order valence-corrected chi connectivity index (χ2v) is 7.74. The predicted molar refractivity (Wildman–Crippen MR) is 108 cm³/mol. The number of benzene rings is 1. The van der Waals surface area contributed by atoms with Crippen LogP contribution in [0.5, 0.6) is 0 Å². The Balaban J connectivity index is 1.44. The average molecular weight is 410 g/mol. The summed E-state index contributed by atoms with van der Waals surface area (Å²) in [5, 5.41) is 3.75. The van der Waals surface area contributed by atoms with Crippen LogP contribution in [-0.4, -0.2) is 63.6 Å². The van der Waals surface area contributed by atoms with Gasteiger partial charge in [-0.05, 0) is 12.5 Å². The molecule has 158 valence electrons. The number of ether oxygens (including phenoxy) is 1. The number of aryl methyl sites for hydroxylation is 2. The number of amides is 2. The fourth-order valence-electron chi connectivity index (χ4n) is 3.94. The van der Waals surface area contributed by atoms with Crippen molar-refractivity contribution in [2.45, 2.75) is 38.3 Å². The van der Waals surface area contributed by atoms with E-state index in [0.717, 1.165) is 5.56 Å². The molecule has 1 saturated heterocycles.